The van der Waals surface area contributed by atoms with E-state index < -0.39 is 73.4 Å². The highest BCUT2D eigenvalue weighted by Crippen LogP contribution is 2.43. The maximum Gasteiger partial charge on any atom is 0.301 e. The van der Waals surface area contributed by atoms with Crippen LogP contribution in [0.1, 0.15) is 87.8 Å². The molecule has 1 aliphatic carbocycles. The normalized spacial score (nSPS) is 23.0. The summed E-state index contributed by atoms with van der Waals surface area (Å²) < 4.78 is 88.6. The van der Waals surface area contributed by atoms with Gasteiger partial charge in [0.2, 0.25) is 11.8 Å². The minimum Gasteiger partial charge on any atom is -0.450 e. The van der Waals surface area contributed by atoms with Crippen LogP contribution in [0, 0.1) is 28.8 Å². The molecule has 1 aromatic heterocycles. The van der Waals surface area contributed by atoms with Gasteiger partial charge < -0.3 is 19.7 Å². The second-order valence-corrected chi connectivity index (χ2v) is 18.3. The third-order valence-corrected chi connectivity index (χ3v) is 14.5. The van der Waals surface area contributed by atoms with E-state index in [0.717, 1.165) is 74.1 Å². The SMILES string of the molecule is CCN(C)S(=O)(=O)Nc1ccc(F)c(Oc2ccc3ncn([C@H]4COC5(CCN(C6CCC(c7ccc(NC8CCC(=O)NC8=O)cc7F)CC6)CC5)C4)c(=O)c3c2F)c1C#N. The number of hydrogen-bond donors (Lipinski definition) is 3. The Bertz CT molecular complexity index is 2620. The van der Waals surface area contributed by atoms with Crippen molar-refractivity contribution in [1.82, 2.24) is 24.1 Å². The fourth-order valence-electron chi connectivity index (χ4n) is 9.23. The molecule has 328 valence electrons. The van der Waals surface area contributed by atoms with E-state index in [2.05, 4.69) is 25.2 Å². The van der Waals surface area contributed by atoms with Gasteiger partial charge in [-0.15, -0.1) is 0 Å². The number of carbonyl (C=O) groups is 2. The number of nitrogens with one attached hydrogen (secondary N) is 3. The molecule has 62 heavy (non-hydrogen) atoms. The number of ether oxygens (including phenoxy) is 2. The summed E-state index contributed by atoms with van der Waals surface area (Å²) in [5.41, 5.74) is -0.750. The number of nitrogens with zero attached hydrogens (tertiary/aromatic N) is 5. The molecule has 4 aliphatic rings. The van der Waals surface area contributed by atoms with E-state index in [0.29, 0.717) is 30.1 Å². The number of piperidine rings is 2. The van der Waals surface area contributed by atoms with Crippen LogP contribution in [0.15, 0.2) is 53.6 Å². The maximum atomic E-state index is 16.2. The second kappa shape index (κ2) is 17.3. The predicted molar refractivity (Wildman–Crippen MR) is 222 cm³/mol. The van der Waals surface area contributed by atoms with Crippen molar-refractivity contribution in [1.29, 1.82) is 5.26 Å². The Morgan fingerprint density at radius 2 is 1.77 bits per heavy atom. The number of nitriles is 1. The number of fused-ring (bicyclic) bond motifs is 1. The van der Waals surface area contributed by atoms with Crippen molar-refractivity contribution < 1.29 is 40.7 Å². The summed E-state index contributed by atoms with van der Waals surface area (Å²) in [6.07, 6.45) is 7.44. The lowest BCUT2D eigenvalue weighted by molar-refractivity contribution is -0.133. The third kappa shape index (κ3) is 8.48. The minimum absolute atomic E-state index is 0.0411. The largest absolute Gasteiger partial charge is 0.450 e. The molecular weight excluding hydrogens is 830 g/mol. The molecule has 3 saturated heterocycles. The van der Waals surface area contributed by atoms with Crippen molar-refractivity contribution >= 4 is 44.3 Å². The number of likely N-dealkylation sites (tertiary alicyclic amines) is 1. The van der Waals surface area contributed by atoms with Crippen LogP contribution in [0.5, 0.6) is 11.5 Å². The summed E-state index contributed by atoms with van der Waals surface area (Å²) >= 11 is 0. The zero-order chi connectivity index (χ0) is 43.9. The quantitative estimate of drug-likeness (QED) is 0.154. The average Bonchev–Trinajstić information content (AvgIpc) is 3.66. The van der Waals surface area contributed by atoms with Crippen LogP contribution in [0.25, 0.3) is 10.9 Å². The standard InChI is InChI=1S/C43H47F3N8O7S/c1-3-52(2)62(58,59)51-33-11-10-31(44)40(30(33)22-47)61-36-14-12-34-38(39(36)46)42(57)54(24-48-34)28-21-43(60-23-28)16-18-53(19-17-43)27-7-4-25(5-8-27)29-9-6-26(20-32(29)45)49-35-13-15-37(55)50-41(35)56/h6,9-12,14,20,24-25,27-28,35,49,51H,3-5,7-8,13,15-19,21,23H2,1-2H3,(H,50,55,56)/t25?,27?,28-,35?/m1/s1. The van der Waals surface area contributed by atoms with Crippen molar-refractivity contribution in [3.63, 3.8) is 0 Å². The second-order valence-electron chi connectivity index (χ2n) is 16.5. The summed E-state index contributed by atoms with van der Waals surface area (Å²) in [7, 11) is -2.78. The molecule has 2 amide bonds. The van der Waals surface area contributed by atoms with Gasteiger partial charge in [-0.05, 0) is 99.2 Å². The first-order valence-corrected chi connectivity index (χ1v) is 22.2. The first-order chi connectivity index (χ1) is 29.7. The first kappa shape index (κ1) is 43.1. The molecule has 4 fully saturated rings. The molecule has 2 atom stereocenters. The highest BCUT2D eigenvalue weighted by Gasteiger charge is 2.45. The van der Waals surface area contributed by atoms with Crippen LogP contribution in [0.3, 0.4) is 0 Å². The predicted octanol–water partition coefficient (Wildman–Crippen LogP) is 5.83. The zero-order valence-electron chi connectivity index (χ0n) is 34.3. The molecule has 4 aromatic rings. The molecule has 0 bridgehead atoms. The van der Waals surface area contributed by atoms with Crippen LogP contribution in [-0.2, 0) is 24.5 Å². The Morgan fingerprint density at radius 1 is 1.02 bits per heavy atom. The Hall–Kier alpha value is -5.55. The van der Waals surface area contributed by atoms with E-state index in [1.54, 1.807) is 25.1 Å². The molecule has 8 rings (SSSR count). The first-order valence-electron chi connectivity index (χ1n) is 20.8. The molecule has 3 aliphatic heterocycles. The van der Waals surface area contributed by atoms with Gasteiger partial charge >= 0.3 is 10.2 Å². The maximum absolute atomic E-state index is 16.2. The van der Waals surface area contributed by atoms with Crippen molar-refractivity contribution in [2.24, 2.45) is 0 Å². The summed E-state index contributed by atoms with van der Waals surface area (Å²) in [6, 6.07) is 10.5. The van der Waals surface area contributed by atoms with E-state index >= 15 is 13.2 Å². The van der Waals surface area contributed by atoms with E-state index in [1.165, 1.54) is 30.1 Å². The number of hydrogen-bond acceptors (Lipinski definition) is 11. The van der Waals surface area contributed by atoms with Crippen molar-refractivity contribution in [3.05, 3.63) is 87.7 Å². The monoisotopic (exact) mass is 876 g/mol. The van der Waals surface area contributed by atoms with Gasteiger partial charge in [-0.25, -0.2) is 18.2 Å². The third-order valence-electron chi connectivity index (χ3n) is 12.9. The average molecular weight is 877 g/mol. The number of aromatic nitrogens is 2. The molecule has 0 radical (unpaired) electrons. The summed E-state index contributed by atoms with van der Waals surface area (Å²) in [4.78, 5) is 44.4. The van der Waals surface area contributed by atoms with Gasteiger partial charge in [0, 0.05) is 44.8 Å². The molecule has 1 unspecified atom stereocenters. The van der Waals surface area contributed by atoms with Crippen molar-refractivity contribution in [2.45, 2.75) is 94.4 Å². The Balaban J connectivity index is 0.894. The molecule has 4 heterocycles. The highest BCUT2D eigenvalue weighted by molar-refractivity contribution is 7.90. The Kier molecular flexibility index (Phi) is 12.0. The fourth-order valence-corrected chi connectivity index (χ4v) is 10.2. The van der Waals surface area contributed by atoms with E-state index in [9.17, 15) is 28.1 Å². The van der Waals surface area contributed by atoms with Gasteiger partial charge in [0.15, 0.2) is 23.1 Å². The van der Waals surface area contributed by atoms with Gasteiger partial charge in [0.25, 0.3) is 5.56 Å². The molecule has 1 saturated carbocycles. The van der Waals surface area contributed by atoms with Crippen LogP contribution < -0.4 is 25.7 Å². The fraction of sp³-hybridized carbons (Fsp3) is 0.465. The zero-order valence-corrected chi connectivity index (χ0v) is 35.1. The van der Waals surface area contributed by atoms with Crippen molar-refractivity contribution in [2.75, 3.05) is 43.3 Å². The Morgan fingerprint density at radius 3 is 2.47 bits per heavy atom. The van der Waals surface area contributed by atoms with Gasteiger partial charge in [0.1, 0.15) is 28.9 Å². The number of carbonyl (C=O) groups excluding carboxylic acids is 2. The van der Waals surface area contributed by atoms with Gasteiger partial charge in [-0.1, -0.05) is 13.0 Å². The smallest absolute Gasteiger partial charge is 0.301 e. The minimum atomic E-state index is -4.10. The number of anilines is 2. The van der Waals surface area contributed by atoms with Gasteiger partial charge in [-0.2, -0.15) is 18.0 Å². The summed E-state index contributed by atoms with van der Waals surface area (Å²) in [6.45, 7) is 3.52. The van der Waals surface area contributed by atoms with Gasteiger partial charge in [0.05, 0.1) is 35.8 Å². The number of halogens is 3. The molecule has 3 aromatic carbocycles. The lowest BCUT2D eigenvalue weighted by Crippen LogP contribution is -2.49. The molecule has 15 nitrogen and oxygen atoms in total. The van der Waals surface area contributed by atoms with E-state index in [4.69, 9.17) is 9.47 Å². The number of imide groups is 1. The lowest BCUT2D eigenvalue weighted by Gasteiger charge is -2.44. The summed E-state index contributed by atoms with van der Waals surface area (Å²) in [5, 5.41) is 14.8. The number of amides is 2. The van der Waals surface area contributed by atoms with Crippen LogP contribution in [0.2, 0.25) is 0 Å². The van der Waals surface area contributed by atoms with Gasteiger partial charge in [-0.3, -0.25) is 29.0 Å². The molecule has 3 N–H and O–H groups in total. The van der Waals surface area contributed by atoms with Crippen LogP contribution >= 0.6 is 0 Å². The summed E-state index contributed by atoms with van der Waals surface area (Å²) in [5.74, 6) is -4.40. The molecule has 19 heteroatoms. The lowest BCUT2D eigenvalue weighted by atomic mass is 9.79. The van der Waals surface area contributed by atoms with E-state index in [1.807, 2.05) is 0 Å². The number of benzene rings is 3. The number of rotatable bonds is 11. The van der Waals surface area contributed by atoms with Crippen molar-refractivity contribution in [3.8, 4) is 17.6 Å². The topological polar surface area (TPSA) is 188 Å². The van der Waals surface area contributed by atoms with Crippen LogP contribution in [-0.4, -0.2) is 90.0 Å². The molecule has 1 spiro atoms. The van der Waals surface area contributed by atoms with Crippen LogP contribution in [0.4, 0.5) is 24.5 Å². The van der Waals surface area contributed by atoms with E-state index in [-0.39, 0.29) is 48.4 Å². The highest BCUT2D eigenvalue weighted by atomic mass is 32.2. The Labute approximate surface area is 356 Å². The molecular formula is C43H47F3N8O7S.